The molecule has 5 nitrogen and oxygen atoms in total. The Morgan fingerprint density at radius 2 is 1.12 bits per heavy atom. The second-order valence-corrected chi connectivity index (χ2v) is 11.6. The first-order valence-electron chi connectivity index (χ1n) is 15.7. The molecular weight excluding hydrogens is 518 g/mol. The van der Waals surface area contributed by atoms with Gasteiger partial charge >= 0.3 is 0 Å². The van der Waals surface area contributed by atoms with Gasteiger partial charge in [-0.05, 0) is 69.7 Å². The number of hydrogen-bond acceptors (Lipinski definition) is 5. The lowest BCUT2D eigenvalue weighted by molar-refractivity contribution is 0.300. The summed E-state index contributed by atoms with van der Waals surface area (Å²) in [5.74, 6) is 2.57. The van der Waals surface area contributed by atoms with Crippen LogP contribution in [0.1, 0.15) is 93.0 Å². The molecule has 0 unspecified atom stereocenters. The van der Waals surface area contributed by atoms with Gasteiger partial charge in [0.05, 0.1) is 12.2 Å². The third kappa shape index (κ3) is 7.96. The van der Waals surface area contributed by atoms with Crippen LogP contribution in [0.25, 0.3) is 34.2 Å². The van der Waals surface area contributed by atoms with Crippen molar-refractivity contribution in [1.29, 1.82) is 0 Å². The van der Waals surface area contributed by atoms with Crippen molar-refractivity contribution in [2.45, 2.75) is 99.3 Å². The fourth-order valence-electron chi connectivity index (χ4n) is 5.44. The minimum absolute atomic E-state index is 0.125. The molecule has 1 heterocycles. The number of rotatable bonds is 14. The van der Waals surface area contributed by atoms with Crippen LogP contribution in [-0.4, -0.2) is 26.7 Å². The SMILES string of the molecule is CCCCCCOc1cc(O)c(-c2nc(-c3ccc(C)cc3C)nc(-c3ccc(C)cc3C)n2)cc1CCCCCC. The molecule has 0 atom stereocenters. The molecular formula is C37H47N3O2. The van der Waals surface area contributed by atoms with E-state index in [1.165, 1.54) is 43.2 Å². The summed E-state index contributed by atoms with van der Waals surface area (Å²) < 4.78 is 6.24. The number of aryl methyl sites for hydroxylation is 5. The Kier molecular flexibility index (Phi) is 11.1. The minimum atomic E-state index is 0.125. The summed E-state index contributed by atoms with van der Waals surface area (Å²) in [4.78, 5) is 14.9. The van der Waals surface area contributed by atoms with Gasteiger partial charge in [-0.15, -0.1) is 0 Å². The Morgan fingerprint density at radius 3 is 1.64 bits per heavy atom. The van der Waals surface area contributed by atoms with Crippen molar-refractivity contribution < 1.29 is 9.84 Å². The van der Waals surface area contributed by atoms with Gasteiger partial charge in [0.1, 0.15) is 11.5 Å². The van der Waals surface area contributed by atoms with E-state index < -0.39 is 0 Å². The van der Waals surface area contributed by atoms with Crippen molar-refractivity contribution in [2.75, 3.05) is 6.61 Å². The maximum Gasteiger partial charge on any atom is 0.167 e. The smallest absolute Gasteiger partial charge is 0.167 e. The molecule has 0 bridgehead atoms. The van der Waals surface area contributed by atoms with Crippen LogP contribution in [0.4, 0.5) is 0 Å². The molecule has 4 rings (SSSR count). The Bertz CT molecular complexity index is 1430. The lowest BCUT2D eigenvalue weighted by Gasteiger charge is -2.16. The highest BCUT2D eigenvalue weighted by Gasteiger charge is 2.19. The van der Waals surface area contributed by atoms with E-state index in [1.807, 2.05) is 6.07 Å². The molecule has 1 aromatic heterocycles. The lowest BCUT2D eigenvalue weighted by Crippen LogP contribution is -2.04. The summed E-state index contributed by atoms with van der Waals surface area (Å²) in [5, 5.41) is 11.3. The quantitative estimate of drug-likeness (QED) is 0.154. The van der Waals surface area contributed by atoms with Crippen molar-refractivity contribution in [3.8, 4) is 45.7 Å². The molecule has 0 aliphatic rings. The summed E-state index contributed by atoms with van der Waals surface area (Å²) in [7, 11) is 0. The Hall–Kier alpha value is -3.73. The lowest BCUT2D eigenvalue weighted by atomic mass is 10.0. The average molecular weight is 566 g/mol. The van der Waals surface area contributed by atoms with Crippen LogP contribution in [-0.2, 0) is 6.42 Å². The van der Waals surface area contributed by atoms with Gasteiger partial charge in [0.25, 0.3) is 0 Å². The molecule has 0 amide bonds. The molecule has 0 spiro atoms. The molecule has 4 aromatic rings. The summed E-state index contributed by atoms with van der Waals surface area (Å²) in [5.41, 5.74) is 8.21. The van der Waals surface area contributed by atoms with Gasteiger partial charge in [0.15, 0.2) is 17.5 Å². The standard InChI is InChI=1S/C37H47N3O2/c1-7-9-11-13-15-29-23-32(33(41)24-34(29)42-20-14-12-10-8-2)37-39-35(30-18-16-25(3)21-27(30)5)38-36(40-37)31-19-17-26(4)22-28(31)6/h16-19,21-24,41H,7-15,20H2,1-6H3. The first-order valence-corrected chi connectivity index (χ1v) is 15.7. The van der Waals surface area contributed by atoms with Crippen LogP contribution >= 0.6 is 0 Å². The van der Waals surface area contributed by atoms with Crippen LogP contribution in [0.2, 0.25) is 0 Å². The zero-order valence-electron chi connectivity index (χ0n) is 26.4. The van der Waals surface area contributed by atoms with E-state index in [4.69, 9.17) is 19.7 Å². The molecule has 0 saturated carbocycles. The predicted octanol–water partition coefficient (Wildman–Crippen LogP) is 9.89. The first-order chi connectivity index (χ1) is 20.3. The van der Waals surface area contributed by atoms with Crippen LogP contribution < -0.4 is 4.74 Å². The van der Waals surface area contributed by atoms with Crippen molar-refractivity contribution in [3.63, 3.8) is 0 Å². The highest BCUT2D eigenvalue weighted by molar-refractivity contribution is 5.73. The molecule has 42 heavy (non-hydrogen) atoms. The second-order valence-electron chi connectivity index (χ2n) is 11.6. The maximum absolute atomic E-state index is 11.3. The van der Waals surface area contributed by atoms with Gasteiger partial charge in [-0.25, -0.2) is 15.0 Å². The van der Waals surface area contributed by atoms with E-state index in [1.54, 1.807) is 6.07 Å². The van der Waals surface area contributed by atoms with Crippen LogP contribution in [0.5, 0.6) is 11.5 Å². The maximum atomic E-state index is 11.3. The van der Waals surface area contributed by atoms with Crippen molar-refractivity contribution in [1.82, 2.24) is 15.0 Å². The molecule has 0 aliphatic carbocycles. The van der Waals surface area contributed by atoms with Crippen molar-refractivity contribution >= 4 is 0 Å². The molecule has 0 radical (unpaired) electrons. The number of aromatic hydroxyl groups is 1. The summed E-state index contributed by atoms with van der Waals surface area (Å²) in [6.07, 6.45) is 10.1. The van der Waals surface area contributed by atoms with Gasteiger partial charge in [-0.2, -0.15) is 0 Å². The number of phenolic OH excluding ortho intramolecular Hbond substituents is 1. The summed E-state index contributed by atoms with van der Waals surface area (Å²) in [6.45, 7) is 13.4. The molecule has 1 N–H and O–H groups in total. The van der Waals surface area contributed by atoms with Gasteiger partial charge in [-0.3, -0.25) is 0 Å². The van der Waals surface area contributed by atoms with Gasteiger partial charge < -0.3 is 9.84 Å². The molecule has 222 valence electrons. The zero-order chi connectivity index (χ0) is 30.1. The number of unbranched alkanes of at least 4 members (excludes halogenated alkanes) is 6. The molecule has 0 aliphatic heterocycles. The first kappa shape index (κ1) is 31.2. The highest BCUT2D eigenvalue weighted by Crippen LogP contribution is 2.37. The van der Waals surface area contributed by atoms with Crippen molar-refractivity contribution in [3.05, 3.63) is 76.3 Å². The number of phenols is 1. The number of aromatic nitrogens is 3. The normalized spacial score (nSPS) is 11.2. The second kappa shape index (κ2) is 14.9. The number of nitrogens with zero attached hydrogens (tertiary/aromatic N) is 3. The average Bonchev–Trinajstić information content (AvgIpc) is 2.95. The fourth-order valence-corrected chi connectivity index (χ4v) is 5.44. The van der Waals surface area contributed by atoms with E-state index in [-0.39, 0.29) is 5.75 Å². The van der Waals surface area contributed by atoms with E-state index >= 15 is 0 Å². The fraction of sp³-hybridized carbons (Fsp3) is 0.432. The Labute approximate surface area is 252 Å². The number of ether oxygens (including phenoxy) is 1. The molecule has 0 saturated heterocycles. The molecule has 0 fully saturated rings. The molecule has 5 heteroatoms. The Morgan fingerprint density at radius 1 is 0.595 bits per heavy atom. The molecule has 3 aromatic carbocycles. The highest BCUT2D eigenvalue weighted by atomic mass is 16.5. The van der Waals surface area contributed by atoms with Gasteiger partial charge in [-0.1, -0.05) is 99.9 Å². The van der Waals surface area contributed by atoms with E-state index in [2.05, 4.69) is 77.9 Å². The number of hydrogen-bond donors (Lipinski definition) is 1. The summed E-state index contributed by atoms with van der Waals surface area (Å²) >= 11 is 0. The van der Waals surface area contributed by atoms with Crippen LogP contribution in [0.3, 0.4) is 0 Å². The predicted molar refractivity (Wildman–Crippen MR) is 174 cm³/mol. The number of benzene rings is 3. The van der Waals surface area contributed by atoms with Crippen molar-refractivity contribution in [2.24, 2.45) is 0 Å². The topological polar surface area (TPSA) is 68.1 Å². The van der Waals surface area contributed by atoms with Crippen LogP contribution in [0, 0.1) is 27.7 Å². The van der Waals surface area contributed by atoms with Gasteiger partial charge in [0.2, 0.25) is 0 Å². The van der Waals surface area contributed by atoms with E-state index in [0.717, 1.165) is 59.3 Å². The van der Waals surface area contributed by atoms with Crippen LogP contribution in [0.15, 0.2) is 48.5 Å². The monoisotopic (exact) mass is 565 g/mol. The summed E-state index contributed by atoms with van der Waals surface area (Å²) in [6, 6.07) is 16.4. The Balaban J connectivity index is 1.82. The third-order valence-corrected chi connectivity index (χ3v) is 7.86. The zero-order valence-corrected chi connectivity index (χ0v) is 26.4. The third-order valence-electron chi connectivity index (χ3n) is 7.86. The largest absolute Gasteiger partial charge is 0.507 e. The van der Waals surface area contributed by atoms with E-state index in [9.17, 15) is 5.11 Å². The minimum Gasteiger partial charge on any atom is -0.507 e. The van der Waals surface area contributed by atoms with Gasteiger partial charge in [0, 0.05) is 17.2 Å². The van der Waals surface area contributed by atoms with E-state index in [0.29, 0.717) is 29.6 Å².